The first kappa shape index (κ1) is 11.9. The Hall–Kier alpha value is -2.16. The van der Waals surface area contributed by atoms with Crippen molar-refractivity contribution in [3.8, 4) is 11.3 Å². The van der Waals surface area contributed by atoms with Gasteiger partial charge in [-0.05, 0) is 51.0 Å². The molecule has 96 valence electrons. The third-order valence-corrected chi connectivity index (χ3v) is 3.56. The van der Waals surface area contributed by atoms with E-state index in [1.807, 2.05) is 11.3 Å². The Balaban J connectivity index is 2.20. The van der Waals surface area contributed by atoms with Crippen molar-refractivity contribution in [3.63, 3.8) is 0 Å². The largest absolute Gasteiger partial charge is 0.288 e. The third kappa shape index (κ3) is 2.01. The zero-order valence-corrected chi connectivity index (χ0v) is 11.7. The van der Waals surface area contributed by atoms with Crippen LogP contribution in [-0.4, -0.2) is 14.4 Å². The van der Waals surface area contributed by atoms with Gasteiger partial charge in [0.1, 0.15) is 0 Å². The van der Waals surface area contributed by atoms with Crippen LogP contribution in [0.4, 0.5) is 0 Å². The summed E-state index contributed by atoms with van der Waals surface area (Å²) in [5.41, 5.74) is 6.87. The van der Waals surface area contributed by atoms with Crippen LogP contribution in [-0.2, 0) is 0 Å². The molecule has 0 amide bonds. The molecule has 2 heterocycles. The number of aryl methyl sites for hydroxylation is 4. The van der Waals surface area contributed by atoms with Gasteiger partial charge in [0.2, 0.25) is 5.78 Å². The fourth-order valence-corrected chi connectivity index (χ4v) is 2.31. The van der Waals surface area contributed by atoms with Crippen molar-refractivity contribution in [2.24, 2.45) is 0 Å². The van der Waals surface area contributed by atoms with Gasteiger partial charge >= 0.3 is 0 Å². The summed E-state index contributed by atoms with van der Waals surface area (Å²) in [6.45, 7) is 8.32. The van der Waals surface area contributed by atoms with Crippen LogP contribution in [0, 0.1) is 27.7 Å². The fourth-order valence-electron chi connectivity index (χ4n) is 2.31. The van der Waals surface area contributed by atoms with Crippen molar-refractivity contribution in [2.45, 2.75) is 27.7 Å². The molecule has 3 heteroatoms. The van der Waals surface area contributed by atoms with Crippen molar-refractivity contribution in [1.82, 2.24) is 14.4 Å². The molecule has 19 heavy (non-hydrogen) atoms. The molecule has 0 saturated carbocycles. The summed E-state index contributed by atoms with van der Waals surface area (Å²) in [6, 6.07) is 8.50. The highest BCUT2D eigenvalue weighted by molar-refractivity contribution is 5.63. The predicted octanol–water partition coefficient (Wildman–Crippen LogP) is 3.63. The van der Waals surface area contributed by atoms with E-state index in [0.717, 1.165) is 28.4 Å². The number of hydrogen-bond donors (Lipinski definition) is 0. The monoisotopic (exact) mass is 251 g/mol. The number of nitrogens with zero attached hydrogens (tertiary/aromatic N) is 3. The second-order valence-corrected chi connectivity index (χ2v) is 5.13. The molecule has 2 aromatic heterocycles. The summed E-state index contributed by atoms with van der Waals surface area (Å²) in [7, 11) is 0. The number of fused-ring (bicyclic) bond motifs is 1. The van der Waals surface area contributed by atoms with Crippen LogP contribution in [0.15, 0.2) is 30.5 Å². The van der Waals surface area contributed by atoms with Gasteiger partial charge in [-0.15, -0.1) is 0 Å². The number of benzene rings is 1. The lowest BCUT2D eigenvalue weighted by atomic mass is 10.1. The zero-order valence-electron chi connectivity index (χ0n) is 11.7. The SMILES string of the molecule is Cc1cc(C)n2cc(-c3ccc(C)c(C)c3)nc2n1. The first-order chi connectivity index (χ1) is 9.04. The van der Waals surface area contributed by atoms with E-state index in [0.29, 0.717) is 0 Å². The highest BCUT2D eigenvalue weighted by Gasteiger charge is 2.08. The van der Waals surface area contributed by atoms with E-state index in [1.54, 1.807) is 0 Å². The topological polar surface area (TPSA) is 30.2 Å². The average molecular weight is 251 g/mol. The van der Waals surface area contributed by atoms with Crippen LogP contribution in [0.3, 0.4) is 0 Å². The molecule has 0 unspecified atom stereocenters. The maximum Gasteiger partial charge on any atom is 0.234 e. The van der Waals surface area contributed by atoms with Crippen molar-refractivity contribution in [2.75, 3.05) is 0 Å². The van der Waals surface area contributed by atoms with Gasteiger partial charge in [-0.25, -0.2) is 9.97 Å². The summed E-state index contributed by atoms with van der Waals surface area (Å²) >= 11 is 0. The van der Waals surface area contributed by atoms with E-state index in [1.165, 1.54) is 11.1 Å². The number of rotatable bonds is 1. The molecular formula is C16H17N3. The Morgan fingerprint density at radius 3 is 2.42 bits per heavy atom. The molecule has 3 rings (SSSR count). The second kappa shape index (κ2) is 4.19. The smallest absolute Gasteiger partial charge is 0.234 e. The van der Waals surface area contributed by atoms with Crippen LogP contribution in [0.25, 0.3) is 17.0 Å². The summed E-state index contributed by atoms with van der Waals surface area (Å²) in [4.78, 5) is 9.10. The van der Waals surface area contributed by atoms with Gasteiger partial charge in [0.25, 0.3) is 0 Å². The molecule has 0 saturated heterocycles. The Morgan fingerprint density at radius 2 is 1.68 bits per heavy atom. The van der Waals surface area contributed by atoms with Crippen LogP contribution < -0.4 is 0 Å². The van der Waals surface area contributed by atoms with E-state index in [4.69, 9.17) is 0 Å². The minimum absolute atomic E-state index is 0.769. The molecule has 0 bridgehead atoms. The van der Waals surface area contributed by atoms with Crippen molar-refractivity contribution < 1.29 is 0 Å². The third-order valence-electron chi connectivity index (χ3n) is 3.56. The van der Waals surface area contributed by atoms with Crippen molar-refractivity contribution >= 4 is 5.78 Å². The van der Waals surface area contributed by atoms with Crippen LogP contribution in [0.1, 0.15) is 22.5 Å². The van der Waals surface area contributed by atoms with Crippen LogP contribution in [0.2, 0.25) is 0 Å². The van der Waals surface area contributed by atoms with Crippen molar-refractivity contribution in [1.29, 1.82) is 0 Å². The lowest BCUT2D eigenvalue weighted by Gasteiger charge is -2.01. The fraction of sp³-hybridized carbons (Fsp3) is 0.250. The highest BCUT2D eigenvalue weighted by atomic mass is 15.1. The van der Waals surface area contributed by atoms with Gasteiger partial charge in [-0.3, -0.25) is 4.40 Å². The summed E-state index contributed by atoms with van der Waals surface area (Å²) < 4.78 is 2.04. The first-order valence-electron chi connectivity index (χ1n) is 6.45. The van der Waals surface area contributed by atoms with Gasteiger partial charge in [-0.2, -0.15) is 0 Å². The molecule has 0 aliphatic rings. The van der Waals surface area contributed by atoms with Gasteiger partial charge in [0, 0.05) is 23.1 Å². The molecule has 0 fully saturated rings. The predicted molar refractivity (Wildman–Crippen MR) is 77.4 cm³/mol. The van der Waals surface area contributed by atoms with E-state index in [-0.39, 0.29) is 0 Å². The molecule has 1 aromatic carbocycles. The van der Waals surface area contributed by atoms with Gasteiger partial charge in [0.15, 0.2) is 0 Å². The minimum Gasteiger partial charge on any atom is -0.288 e. The summed E-state index contributed by atoms with van der Waals surface area (Å²) in [5.74, 6) is 0.769. The average Bonchev–Trinajstić information content (AvgIpc) is 2.76. The minimum atomic E-state index is 0.769. The van der Waals surface area contributed by atoms with Crippen LogP contribution in [0.5, 0.6) is 0 Å². The maximum absolute atomic E-state index is 4.63. The highest BCUT2D eigenvalue weighted by Crippen LogP contribution is 2.22. The van der Waals surface area contributed by atoms with E-state index < -0.39 is 0 Å². The Bertz CT molecular complexity index is 769. The molecule has 0 aliphatic heterocycles. The zero-order chi connectivity index (χ0) is 13.6. The standard InChI is InChI=1S/C16H17N3/c1-10-5-6-14(7-11(10)2)15-9-19-13(4)8-12(3)17-16(19)18-15/h5-9H,1-4H3. The first-order valence-corrected chi connectivity index (χ1v) is 6.45. The molecule has 0 atom stereocenters. The van der Waals surface area contributed by atoms with E-state index in [2.05, 4.69) is 61.2 Å². The normalized spacial score (nSPS) is 11.2. The lowest BCUT2D eigenvalue weighted by molar-refractivity contribution is 1.01. The Kier molecular flexibility index (Phi) is 2.63. The van der Waals surface area contributed by atoms with Gasteiger partial charge < -0.3 is 0 Å². The molecule has 0 radical (unpaired) electrons. The van der Waals surface area contributed by atoms with Gasteiger partial charge in [-0.1, -0.05) is 12.1 Å². The quantitative estimate of drug-likeness (QED) is 0.661. The molecule has 0 aliphatic carbocycles. The summed E-state index contributed by atoms with van der Waals surface area (Å²) in [5, 5.41) is 0. The summed E-state index contributed by atoms with van der Waals surface area (Å²) in [6.07, 6.45) is 2.06. The Labute approximate surface area is 113 Å². The van der Waals surface area contributed by atoms with E-state index >= 15 is 0 Å². The molecular weight excluding hydrogens is 234 g/mol. The lowest BCUT2D eigenvalue weighted by Crippen LogP contribution is -1.94. The molecule has 0 N–H and O–H groups in total. The Morgan fingerprint density at radius 1 is 0.895 bits per heavy atom. The van der Waals surface area contributed by atoms with Crippen molar-refractivity contribution in [3.05, 3.63) is 53.0 Å². The van der Waals surface area contributed by atoms with Gasteiger partial charge in [0.05, 0.1) is 5.69 Å². The van der Waals surface area contributed by atoms with Crippen LogP contribution >= 0.6 is 0 Å². The molecule has 3 aromatic rings. The second-order valence-electron chi connectivity index (χ2n) is 5.13. The maximum atomic E-state index is 4.63. The number of imidazole rings is 1. The molecule has 0 spiro atoms. The van der Waals surface area contributed by atoms with E-state index in [9.17, 15) is 0 Å². The number of hydrogen-bond acceptors (Lipinski definition) is 2. The molecule has 3 nitrogen and oxygen atoms in total. The number of aromatic nitrogens is 3.